The molecule has 0 bridgehead atoms. The molecule has 6 heteroatoms. The molecule has 1 N–H and O–H groups in total. The Balaban J connectivity index is 0.000000551. The molecule has 0 unspecified atom stereocenters. The largest absolute Gasteiger partial charge is 0.494 e. The van der Waals surface area contributed by atoms with Crippen molar-refractivity contribution in [2.24, 2.45) is 0 Å². The van der Waals surface area contributed by atoms with Gasteiger partial charge in [-0.05, 0) is 51.0 Å². The van der Waals surface area contributed by atoms with Gasteiger partial charge in [0.1, 0.15) is 5.56 Å². The molecule has 1 aromatic carbocycles. The van der Waals surface area contributed by atoms with E-state index < -0.39 is 5.97 Å². The Bertz CT molecular complexity index is 544. The number of ether oxygens (including phenoxy) is 1. The van der Waals surface area contributed by atoms with E-state index in [0.29, 0.717) is 0 Å². The van der Waals surface area contributed by atoms with Crippen molar-refractivity contribution >= 4 is 29.2 Å². The molecular weight excluding hydrogens is 409 g/mol. The molecule has 168 valence electrons. The number of carbonyl (C=O) groups is 1. The van der Waals surface area contributed by atoms with Crippen molar-refractivity contribution in [3.8, 4) is 5.75 Å². The number of methoxy groups -OCH3 is 1. The summed E-state index contributed by atoms with van der Waals surface area (Å²) in [7, 11) is 1.34. The molecule has 29 heavy (non-hydrogen) atoms. The summed E-state index contributed by atoms with van der Waals surface area (Å²) < 4.78 is 4.82. The van der Waals surface area contributed by atoms with Crippen LogP contribution in [0.3, 0.4) is 0 Å². The van der Waals surface area contributed by atoms with E-state index in [1.807, 2.05) is 0 Å². The lowest BCUT2D eigenvalue weighted by atomic mass is 10.2. The normalized spacial score (nSPS) is 10.6. The van der Waals surface area contributed by atoms with Crippen LogP contribution in [-0.4, -0.2) is 42.7 Å². The fraction of sp³-hybridized carbons (Fsp3) is 0.696. The van der Waals surface area contributed by atoms with Gasteiger partial charge in [-0.3, -0.25) is 0 Å². The summed E-state index contributed by atoms with van der Waals surface area (Å²) >= 11 is 11.4. The number of benzene rings is 1. The number of unbranched alkanes of at least 4 members (excludes halogenated alkanes) is 6. The van der Waals surface area contributed by atoms with Crippen molar-refractivity contribution < 1.29 is 14.6 Å². The Labute approximate surface area is 187 Å². The van der Waals surface area contributed by atoms with E-state index >= 15 is 0 Å². The summed E-state index contributed by atoms with van der Waals surface area (Å²) in [6.07, 6.45) is 12.4. The van der Waals surface area contributed by atoms with Crippen LogP contribution in [0, 0.1) is 0 Å². The fourth-order valence-corrected chi connectivity index (χ4v) is 3.49. The van der Waals surface area contributed by atoms with E-state index in [0.717, 1.165) is 0 Å². The average molecular weight is 448 g/mol. The predicted molar refractivity (Wildman–Crippen MR) is 125 cm³/mol. The van der Waals surface area contributed by atoms with Gasteiger partial charge in [-0.2, -0.15) is 0 Å². The highest BCUT2D eigenvalue weighted by atomic mass is 35.5. The molecule has 0 radical (unpaired) electrons. The Kier molecular flexibility index (Phi) is 17.3. The van der Waals surface area contributed by atoms with Crippen LogP contribution in [0.15, 0.2) is 12.1 Å². The molecule has 0 heterocycles. The second-order valence-corrected chi connectivity index (χ2v) is 8.02. The van der Waals surface area contributed by atoms with Crippen LogP contribution in [0.5, 0.6) is 5.75 Å². The van der Waals surface area contributed by atoms with Gasteiger partial charge in [0.15, 0.2) is 5.75 Å². The van der Waals surface area contributed by atoms with E-state index in [-0.39, 0.29) is 21.4 Å². The summed E-state index contributed by atoms with van der Waals surface area (Å²) in [5, 5.41) is 9.11. The molecule has 0 amide bonds. The van der Waals surface area contributed by atoms with Crippen LogP contribution in [0.25, 0.3) is 0 Å². The Hall–Kier alpha value is -0.970. The molecule has 0 spiro atoms. The van der Waals surface area contributed by atoms with Crippen LogP contribution in [-0.2, 0) is 0 Å². The molecule has 0 saturated heterocycles. The van der Waals surface area contributed by atoms with Gasteiger partial charge >= 0.3 is 5.97 Å². The second kappa shape index (κ2) is 17.9. The van der Waals surface area contributed by atoms with Crippen molar-refractivity contribution in [2.45, 2.75) is 78.6 Å². The quantitative estimate of drug-likeness (QED) is 0.298. The zero-order valence-electron chi connectivity index (χ0n) is 18.6. The second-order valence-electron chi connectivity index (χ2n) is 7.21. The fourth-order valence-electron chi connectivity index (χ4n) is 3.02. The topological polar surface area (TPSA) is 49.8 Å². The first-order valence-corrected chi connectivity index (χ1v) is 11.7. The SMILES string of the molecule is CCCCCN(CCCCC)CCCCC.COc1c(Cl)ccc(Cl)c1C(=O)O. The van der Waals surface area contributed by atoms with Gasteiger partial charge in [-0.15, -0.1) is 0 Å². The molecule has 4 nitrogen and oxygen atoms in total. The third-order valence-electron chi connectivity index (χ3n) is 4.71. The lowest BCUT2D eigenvalue weighted by molar-refractivity contribution is 0.0693. The van der Waals surface area contributed by atoms with Gasteiger partial charge in [-0.1, -0.05) is 82.5 Å². The third kappa shape index (κ3) is 12.3. The number of halogens is 2. The number of hydrogen-bond donors (Lipinski definition) is 1. The van der Waals surface area contributed by atoms with Gasteiger partial charge in [0.25, 0.3) is 0 Å². The highest BCUT2D eigenvalue weighted by molar-refractivity contribution is 6.36. The Morgan fingerprint density at radius 1 is 0.862 bits per heavy atom. The van der Waals surface area contributed by atoms with Crippen molar-refractivity contribution in [3.63, 3.8) is 0 Å². The smallest absolute Gasteiger partial charge is 0.341 e. The Morgan fingerprint density at radius 3 is 1.59 bits per heavy atom. The molecule has 0 saturated carbocycles. The summed E-state index contributed by atoms with van der Waals surface area (Å²) in [4.78, 5) is 13.4. The summed E-state index contributed by atoms with van der Waals surface area (Å²) in [5.74, 6) is -1.08. The van der Waals surface area contributed by atoms with E-state index in [1.165, 1.54) is 96.7 Å². The maximum absolute atomic E-state index is 10.7. The van der Waals surface area contributed by atoms with Crippen molar-refractivity contribution in [1.82, 2.24) is 4.90 Å². The minimum atomic E-state index is -1.16. The Morgan fingerprint density at radius 2 is 1.28 bits per heavy atom. The number of hydrogen-bond acceptors (Lipinski definition) is 3. The molecule has 1 aromatic rings. The third-order valence-corrected chi connectivity index (χ3v) is 5.32. The highest BCUT2D eigenvalue weighted by Crippen LogP contribution is 2.33. The van der Waals surface area contributed by atoms with Crippen molar-refractivity contribution in [2.75, 3.05) is 26.7 Å². The highest BCUT2D eigenvalue weighted by Gasteiger charge is 2.18. The molecule has 0 aromatic heterocycles. The molecule has 0 atom stereocenters. The first-order valence-electron chi connectivity index (χ1n) is 10.9. The summed E-state index contributed by atoms with van der Waals surface area (Å²) in [6, 6.07) is 2.89. The van der Waals surface area contributed by atoms with Gasteiger partial charge in [0.05, 0.1) is 17.2 Å². The number of carboxylic acids is 1. The monoisotopic (exact) mass is 447 g/mol. The maximum atomic E-state index is 10.7. The zero-order chi connectivity index (χ0) is 22.1. The standard InChI is InChI=1S/C15H33N.C8H6Cl2O3/c1-4-7-10-13-16(14-11-8-5-2)15-12-9-6-3;1-13-7-5(10)3-2-4(9)6(7)8(11)12/h4-15H2,1-3H3;2-3H,1H3,(H,11,12). The number of aromatic carboxylic acids is 1. The zero-order valence-corrected chi connectivity index (χ0v) is 20.1. The molecule has 1 rings (SSSR count). The first kappa shape index (κ1) is 28.0. The number of nitrogens with zero attached hydrogens (tertiary/aromatic N) is 1. The first-order chi connectivity index (χ1) is 13.9. The van der Waals surface area contributed by atoms with Crippen LogP contribution in [0.4, 0.5) is 0 Å². The van der Waals surface area contributed by atoms with Crippen LogP contribution in [0.1, 0.15) is 88.9 Å². The van der Waals surface area contributed by atoms with Crippen LogP contribution >= 0.6 is 23.2 Å². The minimum absolute atomic E-state index is 0.0849. The van der Waals surface area contributed by atoms with E-state index in [1.54, 1.807) is 0 Å². The molecule has 0 aliphatic rings. The average Bonchev–Trinajstić information content (AvgIpc) is 2.69. The van der Waals surface area contributed by atoms with Gasteiger partial charge in [0.2, 0.25) is 0 Å². The van der Waals surface area contributed by atoms with Gasteiger partial charge < -0.3 is 14.7 Å². The van der Waals surface area contributed by atoms with Crippen molar-refractivity contribution in [3.05, 3.63) is 27.7 Å². The predicted octanol–water partition coefficient (Wildman–Crippen LogP) is 7.56. The van der Waals surface area contributed by atoms with E-state index in [4.69, 9.17) is 33.0 Å². The number of rotatable bonds is 14. The van der Waals surface area contributed by atoms with Crippen molar-refractivity contribution in [1.29, 1.82) is 0 Å². The van der Waals surface area contributed by atoms with Gasteiger partial charge in [0, 0.05) is 0 Å². The maximum Gasteiger partial charge on any atom is 0.341 e. The summed E-state index contributed by atoms with van der Waals surface area (Å²) in [5.41, 5.74) is -0.114. The number of carboxylic acid groups (broad SMARTS) is 1. The lowest BCUT2D eigenvalue weighted by Crippen LogP contribution is -2.27. The molecule has 0 fully saturated rings. The van der Waals surface area contributed by atoms with Crippen LogP contribution < -0.4 is 4.74 Å². The molecule has 0 aliphatic heterocycles. The lowest BCUT2D eigenvalue weighted by Gasteiger charge is -2.22. The summed E-state index contributed by atoms with van der Waals surface area (Å²) in [6.45, 7) is 10.9. The van der Waals surface area contributed by atoms with Gasteiger partial charge in [-0.25, -0.2) is 4.79 Å². The molecular formula is C23H39Cl2NO3. The minimum Gasteiger partial charge on any atom is -0.494 e. The van der Waals surface area contributed by atoms with Crippen LogP contribution in [0.2, 0.25) is 10.0 Å². The van der Waals surface area contributed by atoms with E-state index in [9.17, 15) is 4.79 Å². The van der Waals surface area contributed by atoms with E-state index in [2.05, 4.69) is 25.7 Å². The molecule has 0 aliphatic carbocycles.